The first kappa shape index (κ1) is 23.6. The quantitative estimate of drug-likeness (QED) is 0.399. The van der Waals surface area contributed by atoms with E-state index in [2.05, 4.69) is 15.6 Å². The molecule has 11 heteroatoms. The molecular formula is C25H24N4O6S. The Hall–Kier alpha value is -4.12. The predicted molar refractivity (Wildman–Crippen MR) is 133 cm³/mol. The highest BCUT2D eigenvalue weighted by Crippen LogP contribution is 2.35. The molecule has 1 aliphatic rings. The second-order valence-electron chi connectivity index (χ2n) is 8.38. The lowest BCUT2D eigenvalue weighted by molar-refractivity contribution is 0.101. The second kappa shape index (κ2) is 9.50. The van der Waals surface area contributed by atoms with E-state index in [4.69, 9.17) is 14.0 Å². The van der Waals surface area contributed by atoms with Gasteiger partial charge in [0.25, 0.3) is 5.91 Å². The van der Waals surface area contributed by atoms with Crippen LogP contribution in [-0.4, -0.2) is 55.0 Å². The summed E-state index contributed by atoms with van der Waals surface area (Å²) in [5.74, 6) is 1.43. The topological polar surface area (TPSA) is 126 Å². The van der Waals surface area contributed by atoms with E-state index in [1.54, 1.807) is 36.1 Å². The van der Waals surface area contributed by atoms with E-state index >= 15 is 0 Å². The molecule has 1 amide bonds. The Bertz CT molecular complexity index is 1510. The Morgan fingerprint density at radius 3 is 2.50 bits per heavy atom. The van der Waals surface area contributed by atoms with Crippen LogP contribution in [0.5, 0.6) is 11.5 Å². The van der Waals surface area contributed by atoms with Crippen molar-refractivity contribution in [1.29, 1.82) is 0 Å². The Balaban J connectivity index is 1.48. The molecule has 0 radical (unpaired) electrons. The first-order valence-corrected chi connectivity index (χ1v) is 13.0. The Labute approximate surface area is 207 Å². The minimum absolute atomic E-state index is 0.0506. The number of aromatic nitrogens is 3. The summed E-state index contributed by atoms with van der Waals surface area (Å²) in [5, 5.41) is 11.4. The van der Waals surface area contributed by atoms with E-state index in [0.29, 0.717) is 35.2 Å². The van der Waals surface area contributed by atoms with Crippen LogP contribution in [0.2, 0.25) is 0 Å². The molecule has 3 heterocycles. The number of methoxy groups -OCH3 is 2. The number of benzene rings is 2. The van der Waals surface area contributed by atoms with Crippen LogP contribution in [0, 0.1) is 0 Å². The van der Waals surface area contributed by atoms with Crippen molar-refractivity contribution in [2.75, 3.05) is 31.0 Å². The lowest BCUT2D eigenvalue weighted by Crippen LogP contribution is -2.19. The lowest BCUT2D eigenvalue weighted by atomic mass is 10.1. The van der Waals surface area contributed by atoms with E-state index in [0.717, 1.165) is 11.1 Å². The first-order chi connectivity index (χ1) is 17.4. The molecule has 36 heavy (non-hydrogen) atoms. The number of carbonyl (C=O) groups excluding carboxylic acids is 1. The number of ether oxygens (including phenoxy) is 2. The number of amides is 1. The van der Waals surface area contributed by atoms with Gasteiger partial charge in [0.15, 0.2) is 32.8 Å². The smallest absolute Gasteiger partial charge is 0.279 e. The fourth-order valence-electron chi connectivity index (χ4n) is 4.17. The third-order valence-electron chi connectivity index (χ3n) is 6.01. The number of nitrogens with zero attached hydrogens (tertiary/aromatic N) is 3. The van der Waals surface area contributed by atoms with Gasteiger partial charge in [0.2, 0.25) is 0 Å². The van der Waals surface area contributed by atoms with Crippen LogP contribution in [0.25, 0.3) is 22.6 Å². The van der Waals surface area contributed by atoms with Gasteiger partial charge in [0.05, 0.1) is 37.5 Å². The van der Waals surface area contributed by atoms with Crippen molar-refractivity contribution in [3.63, 3.8) is 0 Å². The molecule has 5 rings (SSSR count). The molecule has 0 aliphatic carbocycles. The zero-order valence-corrected chi connectivity index (χ0v) is 20.5. The van der Waals surface area contributed by atoms with Crippen LogP contribution < -0.4 is 14.8 Å². The van der Waals surface area contributed by atoms with Crippen LogP contribution in [-0.2, 0) is 9.84 Å². The highest BCUT2D eigenvalue weighted by molar-refractivity contribution is 7.91. The van der Waals surface area contributed by atoms with Crippen molar-refractivity contribution >= 4 is 21.6 Å². The second-order valence-corrected chi connectivity index (χ2v) is 10.6. The van der Waals surface area contributed by atoms with Crippen LogP contribution in [0.1, 0.15) is 23.0 Å². The Morgan fingerprint density at radius 1 is 1.03 bits per heavy atom. The van der Waals surface area contributed by atoms with Crippen molar-refractivity contribution in [2.24, 2.45) is 0 Å². The van der Waals surface area contributed by atoms with Gasteiger partial charge in [-0.05, 0) is 24.6 Å². The summed E-state index contributed by atoms with van der Waals surface area (Å²) in [6.45, 7) is 0. The zero-order chi connectivity index (χ0) is 25.3. The van der Waals surface area contributed by atoms with E-state index < -0.39 is 21.8 Å². The molecule has 186 valence electrons. The molecule has 1 atom stereocenters. The zero-order valence-electron chi connectivity index (χ0n) is 19.7. The number of rotatable bonds is 7. The Morgan fingerprint density at radius 2 is 1.81 bits per heavy atom. The fraction of sp³-hybridized carbons (Fsp3) is 0.240. The summed E-state index contributed by atoms with van der Waals surface area (Å²) in [6.07, 6.45) is 0.403. The minimum Gasteiger partial charge on any atom is -0.493 e. The predicted octanol–water partition coefficient (Wildman–Crippen LogP) is 3.83. The molecule has 1 aliphatic heterocycles. The monoisotopic (exact) mass is 508 g/mol. The molecule has 1 N–H and O–H groups in total. The van der Waals surface area contributed by atoms with E-state index in [-0.39, 0.29) is 17.2 Å². The van der Waals surface area contributed by atoms with Gasteiger partial charge >= 0.3 is 0 Å². The van der Waals surface area contributed by atoms with Crippen LogP contribution in [0.3, 0.4) is 0 Å². The van der Waals surface area contributed by atoms with E-state index in [9.17, 15) is 13.2 Å². The van der Waals surface area contributed by atoms with Gasteiger partial charge in [0.1, 0.15) is 5.82 Å². The molecule has 0 saturated carbocycles. The van der Waals surface area contributed by atoms with Crippen molar-refractivity contribution < 1.29 is 27.2 Å². The van der Waals surface area contributed by atoms with Crippen molar-refractivity contribution in [3.8, 4) is 34.1 Å². The van der Waals surface area contributed by atoms with Gasteiger partial charge in [-0.1, -0.05) is 35.5 Å². The average molecular weight is 509 g/mol. The first-order valence-electron chi connectivity index (χ1n) is 11.2. The number of anilines is 1. The van der Waals surface area contributed by atoms with E-state index in [1.165, 1.54) is 7.11 Å². The van der Waals surface area contributed by atoms with Crippen LogP contribution >= 0.6 is 0 Å². The van der Waals surface area contributed by atoms with Gasteiger partial charge in [-0.3, -0.25) is 4.79 Å². The molecule has 2 aromatic carbocycles. The maximum absolute atomic E-state index is 13.1. The normalized spacial score (nSPS) is 16.6. The number of hydrogen-bond acceptors (Lipinski definition) is 8. The Kier molecular flexibility index (Phi) is 6.23. The molecule has 0 bridgehead atoms. The number of hydrogen-bond donors (Lipinski definition) is 1. The molecule has 4 aromatic rings. The molecule has 1 saturated heterocycles. The van der Waals surface area contributed by atoms with E-state index in [1.807, 2.05) is 36.4 Å². The number of carbonyl (C=O) groups is 1. The molecular weight excluding hydrogens is 484 g/mol. The van der Waals surface area contributed by atoms with Crippen LogP contribution in [0.15, 0.2) is 65.2 Å². The molecule has 0 spiro atoms. The highest BCUT2D eigenvalue weighted by Gasteiger charge is 2.32. The summed E-state index contributed by atoms with van der Waals surface area (Å²) < 4.78 is 41.9. The van der Waals surface area contributed by atoms with Crippen molar-refractivity contribution in [1.82, 2.24) is 14.9 Å². The SMILES string of the molecule is COc1ccc(-c2cc(NC(=O)c3cc(-c4ccccc4)on3)n([C@H]3CCS(=O)(=O)C3)n2)cc1OC. The average Bonchev–Trinajstić information content (AvgIpc) is 3.62. The number of sulfone groups is 1. The molecule has 0 unspecified atom stereocenters. The lowest BCUT2D eigenvalue weighted by Gasteiger charge is -2.13. The van der Waals surface area contributed by atoms with Gasteiger partial charge < -0.3 is 19.3 Å². The van der Waals surface area contributed by atoms with Gasteiger partial charge in [-0.25, -0.2) is 13.1 Å². The largest absolute Gasteiger partial charge is 0.493 e. The molecule has 10 nitrogen and oxygen atoms in total. The summed E-state index contributed by atoms with van der Waals surface area (Å²) in [6, 6.07) is 17.5. The number of nitrogens with one attached hydrogen (secondary N) is 1. The summed E-state index contributed by atoms with van der Waals surface area (Å²) in [7, 11) is -0.0931. The maximum Gasteiger partial charge on any atom is 0.279 e. The van der Waals surface area contributed by atoms with Crippen molar-refractivity contribution in [3.05, 3.63) is 66.4 Å². The maximum atomic E-state index is 13.1. The standard InChI is InChI=1S/C25H24N4O6S/c1-33-21-9-8-17(12-23(21)34-2)19-14-24(29(27-19)18-10-11-36(31,32)15-18)26-25(30)20-13-22(35-28-20)16-6-4-3-5-7-16/h3-9,12-14,18H,10-11,15H2,1-2H3,(H,26,30)/t18-/m0/s1. The third kappa shape index (κ3) is 4.69. The van der Waals surface area contributed by atoms with Crippen LogP contribution in [0.4, 0.5) is 5.82 Å². The molecule has 1 fully saturated rings. The third-order valence-corrected chi connectivity index (χ3v) is 7.76. The molecule has 2 aromatic heterocycles. The minimum atomic E-state index is -3.18. The van der Waals surface area contributed by atoms with Gasteiger partial charge in [-0.15, -0.1) is 0 Å². The highest BCUT2D eigenvalue weighted by atomic mass is 32.2. The van der Waals surface area contributed by atoms with Gasteiger partial charge in [-0.2, -0.15) is 5.10 Å². The summed E-state index contributed by atoms with van der Waals surface area (Å²) in [4.78, 5) is 13.1. The summed E-state index contributed by atoms with van der Waals surface area (Å²) >= 11 is 0. The van der Waals surface area contributed by atoms with Gasteiger partial charge in [0, 0.05) is 23.3 Å². The van der Waals surface area contributed by atoms with Crippen molar-refractivity contribution in [2.45, 2.75) is 12.5 Å². The summed E-state index contributed by atoms with van der Waals surface area (Å²) in [5.41, 5.74) is 2.14. The fourth-order valence-corrected chi connectivity index (χ4v) is 5.86.